The highest BCUT2D eigenvalue weighted by molar-refractivity contribution is 5.52. The lowest BCUT2D eigenvalue weighted by molar-refractivity contribution is 0.541. The van der Waals surface area contributed by atoms with Crippen molar-refractivity contribution < 1.29 is 0 Å². The monoisotopic (exact) mass is 256 g/mol. The van der Waals surface area contributed by atoms with Crippen molar-refractivity contribution in [3.8, 4) is 0 Å². The third-order valence-corrected chi connectivity index (χ3v) is 4.17. The zero-order valence-corrected chi connectivity index (χ0v) is 12.2. The summed E-state index contributed by atoms with van der Waals surface area (Å²) in [6, 6.07) is 10.8. The van der Waals surface area contributed by atoms with Crippen molar-refractivity contribution in [2.24, 2.45) is 0 Å². The first-order valence-electron chi connectivity index (χ1n) is 8.20. The van der Waals surface area contributed by atoms with E-state index < -0.39 is 0 Å². The molecule has 0 aliphatic heterocycles. The molecule has 0 saturated heterocycles. The van der Waals surface area contributed by atoms with Crippen LogP contribution in [-0.2, 0) is 0 Å². The average Bonchev–Trinajstić information content (AvgIpc) is 2.43. The molecule has 1 aliphatic carbocycles. The van der Waals surface area contributed by atoms with Crippen LogP contribution in [0, 0.1) is 0 Å². The SMILES string of the molecule is C(=C1CCCCCCCCCCC1)c1ccccc1. The van der Waals surface area contributed by atoms with Crippen LogP contribution < -0.4 is 0 Å². The molecule has 0 radical (unpaired) electrons. The summed E-state index contributed by atoms with van der Waals surface area (Å²) in [5, 5.41) is 0. The molecule has 1 fully saturated rings. The number of allylic oxidation sites excluding steroid dienone is 1. The molecule has 0 heteroatoms. The fourth-order valence-electron chi connectivity index (χ4n) is 3.00. The second-order valence-corrected chi connectivity index (χ2v) is 5.90. The molecule has 0 unspecified atom stereocenters. The lowest BCUT2D eigenvalue weighted by Gasteiger charge is -2.10. The molecule has 1 saturated carbocycles. The van der Waals surface area contributed by atoms with Crippen molar-refractivity contribution in [2.75, 3.05) is 0 Å². The van der Waals surface area contributed by atoms with Crippen molar-refractivity contribution in [3.63, 3.8) is 0 Å². The van der Waals surface area contributed by atoms with E-state index in [1.165, 1.54) is 76.2 Å². The van der Waals surface area contributed by atoms with Gasteiger partial charge < -0.3 is 0 Å². The quantitative estimate of drug-likeness (QED) is 0.547. The van der Waals surface area contributed by atoms with Crippen LogP contribution in [0.25, 0.3) is 6.08 Å². The zero-order valence-electron chi connectivity index (χ0n) is 12.2. The maximum Gasteiger partial charge on any atom is -0.0257 e. The minimum absolute atomic E-state index is 1.31. The van der Waals surface area contributed by atoms with E-state index in [0.29, 0.717) is 0 Å². The van der Waals surface area contributed by atoms with E-state index in [9.17, 15) is 0 Å². The van der Waals surface area contributed by atoms with Crippen LogP contribution in [0.15, 0.2) is 35.9 Å². The summed E-state index contributed by atoms with van der Waals surface area (Å²) in [6.45, 7) is 0. The molecule has 1 aromatic rings. The van der Waals surface area contributed by atoms with Crippen LogP contribution in [0.1, 0.15) is 76.2 Å². The number of rotatable bonds is 1. The van der Waals surface area contributed by atoms with Gasteiger partial charge in [0.05, 0.1) is 0 Å². The van der Waals surface area contributed by atoms with E-state index in [1.54, 1.807) is 5.57 Å². The normalized spacial score (nSPS) is 19.3. The maximum atomic E-state index is 2.44. The molecule has 0 heterocycles. The van der Waals surface area contributed by atoms with Gasteiger partial charge in [-0.05, 0) is 31.2 Å². The molecule has 0 N–H and O–H groups in total. The van der Waals surface area contributed by atoms with Crippen molar-refractivity contribution >= 4 is 6.08 Å². The number of hydrogen-bond donors (Lipinski definition) is 0. The molecule has 0 nitrogen and oxygen atoms in total. The third-order valence-electron chi connectivity index (χ3n) is 4.17. The Kier molecular flexibility index (Phi) is 6.78. The standard InChI is InChI=1S/C19H28/c1-2-4-6-9-13-18(14-10-7-5-3-1)17-19-15-11-8-12-16-19/h8,11-12,15-17H,1-7,9-10,13-14H2. The van der Waals surface area contributed by atoms with E-state index in [-0.39, 0.29) is 0 Å². The van der Waals surface area contributed by atoms with E-state index in [1.807, 2.05) is 0 Å². The van der Waals surface area contributed by atoms with Crippen LogP contribution >= 0.6 is 0 Å². The Balaban J connectivity index is 1.93. The summed E-state index contributed by atoms with van der Waals surface area (Å²) in [7, 11) is 0. The highest BCUT2D eigenvalue weighted by Crippen LogP contribution is 2.22. The Morgan fingerprint density at radius 1 is 0.579 bits per heavy atom. The molecule has 0 spiro atoms. The second-order valence-electron chi connectivity index (χ2n) is 5.90. The maximum absolute atomic E-state index is 2.44. The van der Waals surface area contributed by atoms with Crippen molar-refractivity contribution in [3.05, 3.63) is 41.5 Å². The summed E-state index contributed by atoms with van der Waals surface area (Å²) >= 11 is 0. The molecule has 1 aliphatic rings. The molecule has 1 aromatic carbocycles. The summed E-state index contributed by atoms with van der Waals surface area (Å²) in [4.78, 5) is 0. The van der Waals surface area contributed by atoms with Gasteiger partial charge in [0.1, 0.15) is 0 Å². The molecule has 104 valence electrons. The summed E-state index contributed by atoms with van der Waals surface area (Å²) < 4.78 is 0. The van der Waals surface area contributed by atoms with Gasteiger partial charge in [-0.2, -0.15) is 0 Å². The van der Waals surface area contributed by atoms with Gasteiger partial charge in [0, 0.05) is 0 Å². The fourth-order valence-corrected chi connectivity index (χ4v) is 3.00. The summed E-state index contributed by atoms with van der Waals surface area (Å²) in [5.41, 5.74) is 3.05. The molecule has 0 bridgehead atoms. The van der Waals surface area contributed by atoms with Crippen LogP contribution in [0.2, 0.25) is 0 Å². The van der Waals surface area contributed by atoms with Crippen LogP contribution in [0.4, 0.5) is 0 Å². The molecule has 0 aromatic heterocycles. The summed E-state index contributed by atoms with van der Waals surface area (Å²) in [5.74, 6) is 0. The first-order valence-corrected chi connectivity index (χ1v) is 8.20. The Bertz CT molecular complexity index is 347. The van der Waals surface area contributed by atoms with Crippen LogP contribution in [0.3, 0.4) is 0 Å². The van der Waals surface area contributed by atoms with Crippen molar-refractivity contribution in [1.29, 1.82) is 0 Å². The van der Waals surface area contributed by atoms with Gasteiger partial charge in [-0.3, -0.25) is 0 Å². The molecular formula is C19H28. The van der Waals surface area contributed by atoms with Gasteiger partial charge >= 0.3 is 0 Å². The first kappa shape index (κ1) is 14.4. The topological polar surface area (TPSA) is 0 Å². The Morgan fingerprint density at radius 2 is 1.05 bits per heavy atom. The lowest BCUT2D eigenvalue weighted by atomic mass is 9.96. The van der Waals surface area contributed by atoms with Crippen molar-refractivity contribution in [2.45, 2.75) is 70.6 Å². The highest BCUT2D eigenvalue weighted by Gasteiger charge is 2.02. The van der Waals surface area contributed by atoms with Crippen molar-refractivity contribution in [1.82, 2.24) is 0 Å². The smallest absolute Gasteiger partial charge is 0.0257 e. The predicted octanol–water partition coefficient (Wildman–Crippen LogP) is 6.37. The van der Waals surface area contributed by atoms with E-state index >= 15 is 0 Å². The van der Waals surface area contributed by atoms with Gasteiger partial charge in [-0.25, -0.2) is 0 Å². The van der Waals surface area contributed by atoms with Gasteiger partial charge in [0.15, 0.2) is 0 Å². The lowest BCUT2D eigenvalue weighted by Crippen LogP contribution is -1.90. The van der Waals surface area contributed by atoms with E-state index in [2.05, 4.69) is 36.4 Å². The third kappa shape index (κ3) is 6.09. The van der Waals surface area contributed by atoms with Crippen LogP contribution in [-0.4, -0.2) is 0 Å². The molecule has 19 heavy (non-hydrogen) atoms. The number of hydrogen-bond acceptors (Lipinski definition) is 0. The Morgan fingerprint density at radius 3 is 1.58 bits per heavy atom. The number of benzene rings is 1. The minimum Gasteiger partial charge on any atom is -0.0696 e. The zero-order chi connectivity index (χ0) is 13.2. The molecule has 0 amide bonds. The van der Waals surface area contributed by atoms with Gasteiger partial charge in [0.2, 0.25) is 0 Å². The van der Waals surface area contributed by atoms with Gasteiger partial charge in [0.25, 0.3) is 0 Å². The Hall–Kier alpha value is -1.04. The summed E-state index contributed by atoms with van der Waals surface area (Å²) in [6.07, 6.45) is 17.9. The first-order chi connectivity index (χ1) is 9.45. The van der Waals surface area contributed by atoms with Crippen LogP contribution in [0.5, 0.6) is 0 Å². The van der Waals surface area contributed by atoms with E-state index in [0.717, 1.165) is 0 Å². The minimum atomic E-state index is 1.31. The molecular weight excluding hydrogens is 228 g/mol. The highest BCUT2D eigenvalue weighted by atomic mass is 14.1. The fraction of sp³-hybridized carbons (Fsp3) is 0.579. The predicted molar refractivity (Wildman–Crippen MR) is 85.2 cm³/mol. The largest absolute Gasteiger partial charge is 0.0696 e. The average molecular weight is 256 g/mol. The molecule has 2 rings (SSSR count). The van der Waals surface area contributed by atoms with Gasteiger partial charge in [-0.1, -0.05) is 86.9 Å². The Labute approximate surface area is 118 Å². The van der Waals surface area contributed by atoms with E-state index in [4.69, 9.17) is 0 Å². The molecule has 0 atom stereocenters. The van der Waals surface area contributed by atoms with Gasteiger partial charge in [-0.15, -0.1) is 0 Å². The second kappa shape index (κ2) is 8.96.